The van der Waals surface area contributed by atoms with Crippen LogP contribution in [0.5, 0.6) is 0 Å². The summed E-state index contributed by atoms with van der Waals surface area (Å²) in [6, 6.07) is 4.19. The molecule has 26 heavy (non-hydrogen) atoms. The molecule has 1 N–H and O–H groups in total. The van der Waals surface area contributed by atoms with E-state index < -0.39 is 45.4 Å². The van der Waals surface area contributed by atoms with Crippen LogP contribution in [-0.2, 0) is 24.2 Å². The van der Waals surface area contributed by atoms with Crippen LogP contribution in [0.4, 0.5) is 4.39 Å². The van der Waals surface area contributed by atoms with Gasteiger partial charge in [0.25, 0.3) is 5.91 Å². The van der Waals surface area contributed by atoms with Gasteiger partial charge in [-0.1, -0.05) is 42.3 Å². The lowest BCUT2D eigenvalue weighted by Gasteiger charge is -2.26. The molecule has 0 aliphatic heterocycles. The number of ether oxygens (including phenoxy) is 1. The quantitative estimate of drug-likeness (QED) is 0.483. The van der Waals surface area contributed by atoms with E-state index in [1.807, 2.05) is 0 Å². The average Bonchev–Trinajstić information content (AvgIpc) is 2.57. The third-order valence-electron chi connectivity index (χ3n) is 3.41. The second kappa shape index (κ2) is 10.1. The molecule has 0 bridgehead atoms. The van der Waals surface area contributed by atoms with Crippen LogP contribution < -0.4 is 5.32 Å². The maximum atomic E-state index is 13.5. The van der Waals surface area contributed by atoms with E-state index in [0.717, 1.165) is 6.26 Å². The number of benzene rings is 1. The Morgan fingerprint density at radius 2 is 1.81 bits per heavy atom. The molecule has 0 aromatic heterocycles. The predicted octanol–water partition coefficient (Wildman–Crippen LogP) is 2.73. The molecular formula is C16H20Cl2FNO5S. The molecule has 0 aliphatic rings. The number of halogens is 3. The van der Waals surface area contributed by atoms with Gasteiger partial charge in [0.15, 0.2) is 14.7 Å². The Balaban J connectivity index is 3.17. The van der Waals surface area contributed by atoms with Gasteiger partial charge in [0.2, 0.25) is 0 Å². The van der Waals surface area contributed by atoms with Gasteiger partial charge in [-0.15, -0.1) is 0 Å². The smallest absolute Gasteiger partial charge is 0.306 e. The fourth-order valence-electron chi connectivity index (χ4n) is 2.13. The number of carbonyl (C=O) groups excluding carboxylic acids is 2. The minimum absolute atomic E-state index is 0.0577. The normalized spacial score (nSPS) is 13.9. The zero-order valence-corrected chi connectivity index (χ0v) is 16.6. The van der Waals surface area contributed by atoms with E-state index >= 15 is 0 Å². The molecule has 10 heteroatoms. The molecule has 0 heterocycles. The van der Waals surface area contributed by atoms with Crippen LogP contribution in [0.1, 0.15) is 31.4 Å². The van der Waals surface area contributed by atoms with Crippen molar-refractivity contribution in [3.05, 3.63) is 29.8 Å². The Labute approximate surface area is 161 Å². The van der Waals surface area contributed by atoms with Crippen LogP contribution in [0.2, 0.25) is 0 Å². The number of alkyl halides is 3. The van der Waals surface area contributed by atoms with Gasteiger partial charge in [-0.05, 0) is 24.1 Å². The second-order valence-electron chi connectivity index (χ2n) is 5.57. The molecule has 0 saturated carbocycles. The average molecular weight is 428 g/mol. The van der Waals surface area contributed by atoms with Crippen molar-refractivity contribution in [2.45, 2.75) is 41.6 Å². The summed E-state index contributed by atoms with van der Waals surface area (Å²) in [4.78, 5) is 22.2. The number of carbonyl (C=O) groups is 2. The highest BCUT2D eigenvalue weighted by molar-refractivity contribution is 7.90. The lowest BCUT2D eigenvalue weighted by Crippen LogP contribution is -2.44. The lowest BCUT2D eigenvalue weighted by atomic mass is 10.0. The van der Waals surface area contributed by atoms with E-state index in [9.17, 15) is 22.4 Å². The molecule has 1 rings (SSSR count). The van der Waals surface area contributed by atoms with Gasteiger partial charge in [0.05, 0.1) is 10.9 Å². The first-order chi connectivity index (χ1) is 12.1. The number of rotatable bonds is 9. The molecular weight excluding hydrogens is 408 g/mol. The highest BCUT2D eigenvalue weighted by atomic mass is 35.5. The first kappa shape index (κ1) is 22.7. The van der Waals surface area contributed by atoms with Gasteiger partial charge in [0, 0.05) is 12.7 Å². The maximum Gasteiger partial charge on any atom is 0.306 e. The van der Waals surface area contributed by atoms with Gasteiger partial charge in [-0.3, -0.25) is 9.59 Å². The summed E-state index contributed by atoms with van der Waals surface area (Å²) in [6.45, 7) is 0.724. The SMILES string of the molecule is CCCC(=O)O[C@H](c1ccc(S(C)(=O)=O)cc1)[C@@H](CF)NC(=O)C(Cl)Cl. The van der Waals surface area contributed by atoms with Crippen LogP contribution in [-0.4, -0.2) is 44.1 Å². The van der Waals surface area contributed by atoms with Crippen molar-refractivity contribution >= 4 is 44.9 Å². The van der Waals surface area contributed by atoms with E-state index in [2.05, 4.69) is 5.32 Å². The fraction of sp³-hybridized carbons (Fsp3) is 0.500. The molecule has 0 unspecified atom stereocenters. The Kier molecular flexibility index (Phi) is 8.79. The molecule has 0 fully saturated rings. The molecule has 1 aromatic rings. The Bertz CT molecular complexity index is 725. The highest BCUT2D eigenvalue weighted by Gasteiger charge is 2.30. The van der Waals surface area contributed by atoms with Crippen LogP contribution >= 0.6 is 23.2 Å². The number of nitrogens with one attached hydrogen (secondary N) is 1. The van der Waals surface area contributed by atoms with Crippen LogP contribution in [0.3, 0.4) is 0 Å². The topological polar surface area (TPSA) is 89.5 Å². The number of amides is 1. The van der Waals surface area contributed by atoms with Gasteiger partial charge in [0.1, 0.15) is 12.8 Å². The van der Waals surface area contributed by atoms with E-state index in [1.54, 1.807) is 6.92 Å². The van der Waals surface area contributed by atoms with E-state index in [-0.39, 0.29) is 11.3 Å². The largest absolute Gasteiger partial charge is 0.455 e. The van der Waals surface area contributed by atoms with Crippen molar-refractivity contribution < 1.29 is 27.1 Å². The van der Waals surface area contributed by atoms with Crippen LogP contribution in [0.15, 0.2) is 29.2 Å². The lowest BCUT2D eigenvalue weighted by molar-refractivity contribution is -0.152. The van der Waals surface area contributed by atoms with Crippen LogP contribution in [0.25, 0.3) is 0 Å². The maximum absolute atomic E-state index is 13.5. The Morgan fingerprint density at radius 3 is 2.23 bits per heavy atom. The van der Waals surface area contributed by atoms with Gasteiger partial charge in [-0.25, -0.2) is 12.8 Å². The number of hydrogen-bond donors (Lipinski definition) is 1. The molecule has 0 spiro atoms. The summed E-state index contributed by atoms with van der Waals surface area (Å²) in [6.07, 6.45) is 0.519. The standard InChI is InChI=1S/C16H20Cl2FNO5S/c1-3-4-13(21)25-14(12(9-19)20-16(22)15(17)18)10-5-7-11(8-6-10)26(2,23)24/h5-8,12,14-15H,3-4,9H2,1-2H3,(H,20,22)/t12-,14-/m1/s1. The highest BCUT2D eigenvalue weighted by Crippen LogP contribution is 2.25. The minimum Gasteiger partial charge on any atom is -0.455 e. The summed E-state index contributed by atoms with van der Waals surface area (Å²) in [5, 5.41) is 2.28. The molecule has 146 valence electrons. The van der Waals surface area contributed by atoms with Crippen molar-refractivity contribution in [1.29, 1.82) is 0 Å². The van der Waals surface area contributed by atoms with E-state index in [0.29, 0.717) is 12.0 Å². The zero-order chi connectivity index (χ0) is 19.9. The number of hydrogen-bond acceptors (Lipinski definition) is 5. The molecule has 0 saturated heterocycles. The molecule has 1 aromatic carbocycles. The third-order valence-corrected chi connectivity index (χ3v) is 4.93. The summed E-state index contributed by atoms with van der Waals surface area (Å²) < 4.78 is 42.0. The molecule has 0 aliphatic carbocycles. The Hall–Kier alpha value is -1.38. The van der Waals surface area contributed by atoms with Crippen molar-refractivity contribution in [2.75, 3.05) is 12.9 Å². The fourth-order valence-corrected chi connectivity index (χ4v) is 2.89. The van der Waals surface area contributed by atoms with Crippen molar-refractivity contribution in [2.24, 2.45) is 0 Å². The third kappa shape index (κ3) is 6.74. The monoisotopic (exact) mass is 427 g/mol. The minimum atomic E-state index is -3.42. The van der Waals surface area contributed by atoms with Crippen molar-refractivity contribution in [3.63, 3.8) is 0 Å². The zero-order valence-electron chi connectivity index (χ0n) is 14.2. The van der Waals surface area contributed by atoms with Gasteiger partial charge < -0.3 is 10.1 Å². The van der Waals surface area contributed by atoms with Gasteiger partial charge in [-0.2, -0.15) is 0 Å². The van der Waals surface area contributed by atoms with Crippen molar-refractivity contribution in [3.8, 4) is 0 Å². The summed E-state index contributed by atoms with van der Waals surface area (Å²) in [5.41, 5.74) is 0.325. The van der Waals surface area contributed by atoms with Crippen molar-refractivity contribution in [1.82, 2.24) is 5.32 Å². The first-order valence-corrected chi connectivity index (χ1v) is 10.5. The van der Waals surface area contributed by atoms with Crippen LogP contribution in [0, 0.1) is 0 Å². The second-order valence-corrected chi connectivity index (χ2v) is 8.68. The summed E-state index contributed by atoms with van der Waals surface area (Å²) in [7, 11) is -3.42. The molecule has 6 nitrogen and oxygen atoms in total. The van der Waals surface area contributed by atoms with E-state index in [1.165, 1.54) is 24.3 Å². The predicted molar refractivity (Wildman–Crippen MR) is 96.7 cm³/mol. The van der Waals surface area contributed by atoms with E-state index in [4.69, 9.17) is 27.9 Å². The van der Waals surface area contributed by atoms with Gasteiger partial charge >= 0.3 is 5.97 Å². The molecule has 2 atom stereocenters. The number of esters is 1. The summed E-state index contributed by atoms with van der Waals surface area (Å²) >= 11 is 10.9. The molecule has 0 radical (unpaired) electrons. The molecule has 1 amide bonds. The summed E-state index contributed by atoms with van der Waals surface area (Å²) in [5.74, 6) is -1.41. The Morgan fingerprint density at radius 1 is 1.23 bits per heavy atom. The first-order valence-electron chi connectivity index (χ1n) is 7.74. The number of sulfone groups is 1.